The molecule has 15 rings (SSSR count). The molecular weight excluding hydrogens is 883 g/mol. The van der Waals surface area contributed by atoms with Gasteiger partial charge in [-0.2, -0.15) is 0 Å². The van der Waals surface area contributed by atoms with Crippen LogP contribution < -0.4 is 0 Å². The maximum Gasteiger partial charge on any atom is 0.0928 e. The van der Waals surface area contributed by atoms with E-state index in [2.05, 4.69) is 237 Å². The van der Waals surface area contributed by atoms with Gasteiger partial charge in [-0.3, -0.25) is 0 Å². The van der Waals surface area contributed by atoms with Crippen LogP contribution in [0.1, 0.15) is 34.2 Å². The van der Waals surface area contributed by atoms with Gasteiger partial charge in [-0.25, -0.2) is 15.0 Å². The van der Waals surface area contributed by atoms with Crippen LogP contribution in [0.25, 0.3) is 111 Å². The van der Waals surface area contributed by atoms with Gasteiger partial charge in [0.15, 0.2) is 0 Å². The fourth-order valence-electron chi connectivity index (χ4n) is 12.7. The first-order valence-electron chi connectivity index (χ1n) is 25.6. The first kappa shape index (κ1) is 41.7. The minimum Gasteiger partial charge on any atom is -0.247 e. The predicted molar refractivity (Wildman–Crippen MR) is 303 cm³/mol. The van der Waals surface area contributed by atoms with Gasteiger partial charge in [0.2, 0.25) is 0 Å². The molecule has 2 atom stereocenters. The lowest BCUT2D eigenvalue weighted by molar-refractivity contribution is 0.458. The summed E-state index contributed by atoms with van der Waals surface area (Å²) in [7, 11) is 0. The summed E-state index contributed by atoms with van der Waals surface area (Å²) in [6.07, 6.45) is 12.1. The van der Waals surface area contributed by atoms with Gasteiger partial charge in [0, 0.05) is 27.5 Å². The molecule has 12 aromatic rings. The molecule has 3 heteroatoms. The largest absolute Gasteiger partial charge is 0.247 e. The lowest BCUT2D eigenvalue weighted by atomic mass is 9.62. The summed E-state index contributed by atoms with van der Waals surface area (Å²) in [6, 6.07) is 80.5. The third-order valence-corrected chi connectivity index (χ3v) is 16.2. The number of para-hydroxylation sites is 1. The summed E-state index contributed by atoms with van der Waals surface area (Å²) in [4.78, 5) is 16.0. The second kappa shape index (κ2) is 16.5. The van der Waals surface area contributed by atoms with Crippen molar-refractivity contribution in [3.63, 3.8) is 0 Å². The van der Waals surface area contributed by atoms with Crippen molar-refractivity contribution in [3.05, 3.63) is 271 Å². The number of pyridine rings is 3. The number of hydrogen-bond donors (Lipinski definition) is 0. The Morgan fingerprint density at radius 1 is 0.370 bits per heavy atom. The van der Waals surface area contributed by atoms with Crippen molar-refractivity contribution in [2.45, 2.75) is 24.7 Å². The van der Waals surface area contributed by atoms with Gasteiger partial charge in [0.25, 0.3) is 0 Å². The summed E-state index contributed by atoms with van der Waals surface area (Å²) in [5.74, 6) is 0.255. The molecule has 3 aromatic heterocycles. The van der Waals surface area contributed by atoms with Crippen LogP contribution in [0.2, 0.25) is 0 Å². The van der Waals surface area contributed by atoms with Crippen LogP contribution in [-0.2, 0) is 18.3 Å². The Morgan fingerprint density at radius 3 is 1.78 bits per heavy atom. The number of nitrogens with zero attached hydrogens (tertiary/aromatic N) is 3. The lowest BCUT2D eigenvalue weighted by Crippen LogP contribution is -2.35. The lowest BCUT2D eigenvalue weighted by Gasteiger charge is -2.39. The van der Waals surface area contributed by atoms with E-state index in [-0.39, 0.29) is 11.3 Å². The van der Waals surface area contributed by atoms with Gasteiger partial charge in [-0.05, 0) is 151 Å². The Kier molecular flexibility index (Phi) is 9.44. The molecule has 342 valence electrons. The Labute approximate surface area is 424 Å². The molecule has 2 unspecified atom stereocenters. The first-order chi connectivity index (χ1) is 36.2. The van der Waals surface area contributed by atoms with Gasteiger partial charge < -0.3 is 0 Å². The molecule has 0 saturated heterocycles. The zero-order valence-corrected chi connectivity index (χ0v) is 40.1. The molecule has 0 fully saturated rings. The Balaban J connectivity index is 0.811. The Morgan fingerprint density at radius 2 is 1.01 bits per heavy atom. The summed E-state index contributed by atoms with van der Waals surface area (Å²) >= 11 is 0. The number of aryl methyl sites for hydroxylation is 2. The van der Waals surface area contributed by atoms with Crippen LogP contribution in [0.3, 0.4) is 0 Å². The molecular formula is C70H47N3. The topological polar surface area (TPSA) is 38.7 Å². The van der Waals surface area contributed by atoms with Gasteiger partial charge >= 0.3 is 0 Å². The SMILES string of the molecule is C1=CCC(C2(c3ccccc3)c3ccccc3-c3cc4c(-c5cccc(-c6ccc7c(ccc8cc(-c9ccc%10c(n9)-c9nc(-c%11ccccc%11)ccc9CC%10)ccc87)c6)c5)nc5ccccc5c4cc32)C=C1. The first-order valence-corrected chi connectivity index (χ1v) is 25.6. The van der Waals surface area contributed by atoms with E-state index in [1.165, 1.54) is 82.2 Å². The molecule has 0 radical (unpaired) electrons. The van der Waals surface area contributed by atoms with E-state index in [1.807, 2.05) is 6.07 Å². The highest BCUT2D eigenvalue weighted by atomic mass is 14.8. The quantitative estimate of drug-likeness (QED) is 0.156. The molecule has 0 N–H and O–H groups in total. The highest BCUT2D eigenvalue weighted by Crippen LogP contribution is 2.59. The van der Waals surface area contributed by atoms with Crippen LogP contribution in [0.5, 0.6) is 0 Å². The van der Waals surface area contributed by atoms with Crippen LogP contribution in [0.4, 0.5) is 0 Å². The van der Waals surface area contributed by atoms with E-state index in [4.69, 9.17) is 15.0 Å². The van der Waals surface area contributed by atoms with E-state index in [0.717, 1.165) is 75.5 Å². The van der Waals surface area contributed by atoms with Crippen LogP contribution in [0.15, 0.2) is 243 Å². The zero-order valence-electron chi connectivity index (χ0n) is 40.1. The third kappa shape index (κ3) is 6.55. The van der Waals surface area contributed by atoms with Crippen molar-refractivity contribution in [3.8, 4) is 67.4 Å². The van der Waals surface area contributed by atoms with E-state index < -0.39 is 0 Å². The van der Waals surface area contributed by atoms with Gasteiger partial charge in [-0.1, -0.05) is 194 Å². The van der Waals surface area contributed by atoms with Gasteiger partial charge in [0.1, 0.15) is 0 Å². The standard InChI is InChI=1S/C70H47N3/c1-4-15-44(16-5-1)64-37-33-45-27-28-46-34-38-65(72-69(46)68(45)71-64)51-32-36-56-50(41-51)30-29-49-39-48(31-35-55(49)56)47-17-14-18-52(40-47)67-61-42-60-57-23-10-12-25-62(57)70(53-19-6-2-7-20-53,54-21-8-3-9-22-54)63(60)43-59(61)58-24-11-13-26-66(58)73-67/h1-21,23-26,29-43,54H,22,27-28H2. The zero-order chi connectivity index (χ0) is 48.0. The second-order valence-corrected chi connectivity index (χ2v) is 20.1. The molecule has 3 nitrogen and oxygen atoms in total. The number of rotatable bonds is 6. The van der Waals surface area contributed by atoms with Crippen LogP contribution in [-0.4, -0.2) is 15.0 Å². The van der Waals surface area contributed by atoms with Gasteiger partial charge in [-0.15, -0.1) is 0 Å². The summed E-state index contributed by atoms with van der Waals surface area (Å²) in [5.41, 5.74) is 20.4. The number of aromatic nitrogens is 3. The van der Waals surface area contributed by atoms with Crippen molar-refractivity contribution in [1.29, 1.82) is 0 Å². The Bertz CT molecular complexity index is 4300. The average molecular weight is 930 g/mol. The summed E-state index contributed by atoms with van der Waals surface area (Å²) in [5, 5.41) is 8.44. The normalized spacial score (nSPS) is 16.4. The molecule has 0 spiro atoms. The third-order valence-electron chi connectivity index (χ3n) is 16.2. The molecule has 73 heavy (non-hydrogen) atoms. The van der Waals surface area contributed by atoms with E-state index in [0.29, 0.717) is 0 Å². The van der Waals surface area contributed by atoms with Crippen LogP contribution >= 0.6 is 0 Å². The molecule has 0 amide bonds. The molecule has 0 saturated carbocycles. The minimum atomic E-state index is -0.352. The molecule has 3 aliphatic carbocycles. The molecule has 0 aliphatic heterocycles. The fourth-order valence-corrected chi connectivity index (χ4v) is 12.7. The second-order valence-electron chi connectivity index (χ2n) is 20.1. The summed E-state index contributed by atoms with van der Waals surface area (Å²) < 4.78 is 0. The van der Waals surface area contributed by atoms with E-state index in [9.17, 15) is 0 Å². The van der Waals surface area contributed by atoms with Gasteiger partial charge in [0.05, 0.1) is 39.4 Å². The predicted octanol–water partition coefficient (Wildman–Crippen LogP) is 17.4. The smallest absolute Gasteiger partial charge is 0.0928 e. The van der Waals surface area contributed by atoms with Crippen molar-refractivity contribution >= 4 is 43.2 Å². The van der Waals surface area contributed by atoms with Crippen molar-refractivity contribution in [2.24, 2.45) is 5.92 Å². The fraction of sp³-hybridized carbons (Fsp3) is 0.0714. The average Bonchev–Trinajstić information content (AvgIpc) is 3.82. The van der Waals surface area contributed by atoms with Crippen LogP contribution in [0, 0.1) is 5.92 Å². The number of allylic oxidation sites excluding steroid dienone is 4. The summed E-state index contributed by atoms with van der Waals surface area (Å²) in [6.45, 7) is 0. The number of hydrogen-bond acceptors (Lipinski definition) is 3. The molecule has 9 aromatic carbocycles. The molecule has 3 aliphatic rings. The molecule has 0 bridgehead atoms. The highest BCUT2D eigenvalue weighted by molar-refractivity contribution is 6.14. The molecule has 3 heterocycles. The van der Waals surface area contributed by atoms with Crippen molar-refractivity contribution in [2.75, 3.05) is 0 Å². The monoisotopic (exact) mass is 929 g/mol. The maximum atomic E-state index is 5.51. The number of benzene rings is 9. The van der Waals surface area contributed by atoms with Crippen molar-refractivity contribution in [1.82, 2.24) is 15.0 Å². The highest BCUT2D eigenvalue weighted by Gasteiger charge is 2.49. The van der Waals surface area contributed by atoms with Crippen molar-refractivity contribution < 1.29 is 0 Å². The number of fused-ring (bicyclic) bond motifs is 12. The Hall–Kier alpha value is -9.05. The minimum absolute atomic E-state index is 0.255. The van der Waals surface area contributed by atoms with E-state index in [1.54, 1.807) is 0 Å². The van der Waals surface area contributed by atoms with E-state index >= 15 is 0 Å². The maximum absolute atomic E-state index is 5.51.